The number of nitrogens with zero attached hydrogens (tertiary/aromatic N) is 5. The highest BCUT2D eigenvalue weighted by Gasteiger charge is 2.27. The molecule has 124 valence electrons. The molecule has 8 heteroatoms. The predicted octanol–water partition coefficient (Wildman–Crippen LogP) is 2.38. The van der Waals surface area contributed by atoms with Crippen molar-refractivity contribution in [3.05, 3.63) is 76.5 Å². The minimum Gasteiger partial charge on any atom is -0.307 e. The number of amides is 1. The number of nitro benzene ring substituents is 1. The zero-order chi connectivity index (χ0) is 17.4. The Hall–Kier alpha value is -3.55. The van der Waals surface area contributed by atoms with Crippen LogP contribution in [0.3, 0.4) is 0 Å². The maximum Gasteiger partial charge on any atom is 0.271 e. The van der Waals surface area contributed by atoms with Crippen LogP contribution in [0.25, 0.3) is 5.82 Å². The van der Waals surface area contributed by atoms with Crippen molar-refractivity contribution in [1.29, 1.82) is 0 Å². The summed E-state index contributed by atoms with van der Waals surface area (Å²) in [5.74, 6) is 0.440. The molecule has 0 atom stereocenters. The van der Waals surface area contributed by atoms with E-state index in [1.165, 1.54) is 18.3 Å². The summed E-state index contributed by atoms with van der Waals surface area (Å²) in [5.41, 5.74) is 1.94. The Morgan fingerprint density at radius 3 is 2.80 bits per heavy atom. The van der Waals surface area contributed by atoms with Crippen LogP contribution in [0.1, 0.15) is 15.9 Å². The Kier molecular flexibility index (Phi) is 3.50. The fourth-order valence-corrected chi connectivity index (χ4v) is 2.91. The lowest BCUT2D eigenvalue weighted by Gasteiger charge is -2.17. The van der Waals surface area contributed by atoms with Gasteiger partial charge in [-0.05, 0) is 24.1 Å². The first-order chi connectivity index (χ1) is 12.1. The normalized spacial score (nSPS) is 12.9. The van der Waals surface area contributed by atoms with Crippen molar-refractivity contribution in [2.24, 2.45) is 0 Å². The summed E-state index contributed by atoms with van der Waals surface area (Å²) in [7, 11) is 0. The number of benzene rings is 1. The van der Waals surface area contributed by atoms with Gasteiger partial charge in [0.05, 0.1) is 16.2 Å². The van der Waals surface area contributed by atoms with Gasteiger partial charge in [0.25, 0.3) is 11.6 Å². The molecule has 0 N–H and O–H groups in total. The SMILES string of the molecule is O=C(c1ccc(-n2ccnc2)nc1)N1CCc2ccc([N+](=O)[O-])cc21. The third-order valence-electron chi connectivity index (χ3n) is 4.18. The summed E-state index contributed by atoms with van der Waals surface area (Å²) in [5, 5.41) is 11.0. The molecule has 0 spiro atoms. The van der Waals surface area contributed by atoms with Gasteiger partial charge in [-0.1, -0.05) is 6.07 Å². The Balaban J connectivity index is 1.63. The van der Waals surface area contributed by atoms with Crippen molar-refractivity contribution < 1.29 is 9.72 Å². The number of non-ortho nitro benzene ring substituents is 1. The highest BCUT2D eigenvalue weighted by atomic mass is 16.6. The van der Waals surface area contributed by atoms with Gasteiger partial charge >= 0.3 is 0 Å². The third-order valence-corrected chi connectivity index (χ3v) is 4.18. The van der Waals surface area contributed by atoms with Gasteiger partial charge in [0.1, 0.15) is 12.1 Å². The lowest BCUT2D eigenvalue weighted by molar-refractivity contribution is -0.384. The zero-order valence-electron chi connectivity index (χ0n) is 13.1. The molecule has 1 aliphatic heterocycles. The number of aromatic nitrogens is 3. The quantitative estimate of drug-likeness (QED) is 0.541. The number of anilines is 1. The number of hydrogen-bond acceptors (Lipinski definition) is 5. The van der Waals surface area contributed by atoms with Gasteiger partial charge in [-0.3, -0.25) is 19.5 Å². The smallest absolute Gasteiger partial charge is 0.271 e. The Labute approximate surface area is 142 Å². The van der Waals surface area contributed by atoms with E-state index in [9.17, 15) is 14.9 Å². The summed E-state index contributed by atoms with van der Waals surface area (Å²) in [6, 6.07) is 8.06. The summed E-state index contributed by atoms with van der Waals surface area (Å²) in [6.07, 6.45) is 7.22. The molecule has 0 aliphatic carbocycles. The number of pyridine rings is 1. The van der Waals surface area contributed by atoms with Crippen LogP contribution < -0.4 is 4.90 Å². The monoisotopic (exact) mass is 335 g/mol. The fourth-order valence-electron chi connectivity index (χ4n) is 2.91. The molecule has 1 amide bonds. The second-order valence-electron chi connectivity index (χ2n) is 5.65. The van der Waals surface area contributed by atoms with Crippen molar-refractivity contribution in [2.75, 3.05) is 11.4 Å². The van der Waals surface area contributed by atoms with E-state index < -0.39 is 4.92 Å². The summed E-state index contributed by atoms with van der Waals surface area (Å²) >= 11 is 0. The number of imidazole rings is 1. The lowest BCUT2D eigenvalue weighted by atomic mass is 10.1. The minimum absolute atomic E-state index is 0.0213. The Morgan fingerprint density at radius 2 is 2.12 bits per heavy atom. The molecule has 0 saturated heterocycles. The average molecular weight is 335 g/mol. The van der Waals surface area contributed by atoms with Gasteiger partial charge < -0.3 is 4.90 Å². The van der Waals surface area contributed by atoms with Crippen LogP contribution in [0.4, 0.5) is 11.4 Å². The van der Waals surface area contributed by atoms with Crippen molar-refractivity contribution in [2.45, 2.75) is 6.42 Å². The van der Waals surface area contributed by atoms with E-state index >= 15 is 0 Å². The van der Waals surface area contributed by atoms with E-state index in [1.54, 1.807) is 46.4 Å². The minimum atomic E-state index is -0.456. The molecule has 0 fully saturated rings. The first-order valence-electron chi connectivity index (χ1n) is 7.67. The van der Waals surface area contributed by atoms with Crippen molar-refractivity contribution in [3.8, 4) is 5.82 Å². The summed E-state index contributed by atoms with van der Waals surface area (Å²) in [6.45, 7) is 0.499. The molecule has 2 aromatic heterocycles. The second kappa shape index (κ2) is 5.82. The Morgan fingerprint density at radius 1 is 1.24 bits per heavy atom. The van der Waals surface area contributed by atoms with Gasteiger partial charge in [-0.2, -0.15) is 0 Å². The molecule has 3 heterocycles. The average Bonchev–Trinajstić information content (AvgIpc) is 3.30. The van der Waals surface area contributed by atoms with Gasteiger partial charge in [0.15, 0.2) is 0 Å². The molecule has 4 rings (SSSR count). The van der Waals surface area contributed by atoms with Crippen LogP contribution in [0, 0.1) is 10.1 Å². The second-order valence-corrected chi connectivity index (χ2v) is 5.65. The van der Waals surface area contributed by atoms with Gasteiger partial charge in [0.2, 0.25) is 0 Å². The van der Waals surface area contributed by atoms with Crippen LogP contribution in [-0.4, -0.2) is 31.9 Å². The number of rotatable bonds is 3. The molecular weight excluding hydrogens is 322 g/mol. The topological polar surface area (TPSA) is 94.2 Å². The molecule has 1 aromatic carbocycles. The fraction of sp³-hybridized carbons (Fsp3) is 0.118. The van der Waals surface area contributed by atoms with Gasteiger partial charge in [-0.15, -0.1) is 0 Å². The van der Waals surface area contributed by atoms with Crippen molar-refractivity contribution in [3.63, 3.8) is 0 Å². The number of carbonyl (C=O) groups is 1. The van der Waals surface area contributed by atoms with E-state index in [2.05, 4.69) is 9.97 Å². The van der Waals surface area contributed by atoms with Crippen molar-refractivity contribution in [1.82, 2.24) is 14.5 Å². The number of nitro groups is 1. The maximum atomic E-state index is 12.8. The molecule has 1 aliphatic rings. The largest absolute Gasteiger partial charge is 0.307 e. The van der Waals surface area contributed by atoms with Gasteiger partial charge in [0, 0.05) is 37.3 Å². The number of fused-ring (bicyclic) bond motifs is 1. The van der Waals surface area contributed by atoms with E-state index in [0.717, 1.165) is 5.56 Å². The molecule has 25 heavy (non-hydrogen) atoms. The highest BCUT2D eigenvalue weighted by Crippen LogP contribution is 2.32. The number of carbonyl (C=O) groups excluding carboxylic acids is 1. The van der Waals surface area contributed by atoms with Crippen LogP contribution in [-0.2, 0) is 6.42 Å². The molecule has 8 nitrogen and oxygen atoms in total. The standard InChI is InChI=1S/C17H13N5O3/c23-17(13-2-4-16(19-10-13)20-8-6-18-11-20)21-7-5-12-1-3-14(22(24)25)9-15(12)21/h1-4,6,8-11H,5,7H2. The van der Waals surface area contributed by atoms with E-state index in [0.29, 0.717) is 30.0 Å². The zero-order valence-corrected chi connectivity index (χ0v) is 13.1. The lowest BCUT2D eigenvalue weighted by Crippen LogP contribution is -2.29. The van der Waals surface area contributed by atoms with Crippen LogP contribution in [0.2, 0.25) is 0 Å². The molecule has 0 radical (unpaired) electrons. The van der Waals surface area contributed by atoms with E-state index in [4.69, 9.17) is 0 Å². The Bertz CT molecular complexity index is 951. The van der Waals surface area contributed by atoms with Crippen LogP contribution >= 0.6 is 0 Å². The highest BCUT2D eigenvalue weighted by molar-refractivity contribution is 6.07. The molecule has 0 unspecified atom stereocenters. The summed E-state index contributed by atoms with van der Waals surface area (Å²) < 4.78 is 1.74. The van der Waals surface area contributed by atoms with E-state index in [1.807, 2.05) is 0 Å². The molecule has 0 bridgehead atoms. The van der Waals surface area contributed by atoms with Crippen LogP contribution in [0.5, 0.6) is 0 Å². The number of hydrogen-bond donors (Lipinski definition) is 0. The first-order valence-corrected chi connectivity index (χ1v) is 7.67. The molecular formula is C17H13N5O3. The molecule has 0 saturated carbocycles. The van der Waals surface area contributed by atoms with Crippen molar-refractivity contribution >= 4 is 17.3 Å². The van der Waals surface area contributed by atoms with E-state index in [-0.39, 0.29) is 11.6 Å². The van der Waals surface area contributed by atoms with Crippen LogP contribution in [0.15, 0.2) is 55.2 Å². The summed E-state index contributed by atoms with van der Waals surface area (Å²) in [4.78, 5) is 33.1. The third kappa shape index (κ3) is 2.63. The maximum absolute atomic E-state index is 12.8. The molecule has 3 aromatic rings. The predicted molar refractivity (Wildman–Crippen MR) is 89.8 cm³/mol. The van der Waals surface area contributed by atoms with Gasteiger partial charge in [-0.25, -0.2) is 9.97 Å². The first kappa shape index (κ1) is 15.0.